The zero-order chi connectivity index (χ0) is 14.0. The molecule has 2 rings (SSSR count). The molecule has 0 fully saturated rings. The van der Waals surface area contributed by atoms with Crippen molar-refractivity contribution in [2.24, 2.45) is 0 Å². The summed E-state index contributed by atoms with van der Waals surface area (Å²) in [6.45, 7) is 8.43. The molecule has 1 unspecified atom stereocenters. The van der Waals surface area contributed by atoms with Crippen molar-refractivity contribution in [3.63, 3.8) is 0 Å². The molecule has 0 saturated heterocycles. The minimum atomic E-state index is 0.293. The van der Waals surface area contributed by atoms with E-state index in [2.05, 4.69) is 68.3 Å². The van der Waals surface area contributed by atoms with E-state index in [-0.39, 0.29) is 0 Å². The topological polar surface area (TPSA) is 27.3 Å². The van der Waals surface area contributed by atoms with Crippen molar-refractivity contribution in [2.45, 2.75) is 26.4 Å². The summed E-state index contributed by atoms with van der Waals surface area (Å²) >= 11 is 0. The number of nitrogens with one attached hydrogen (secondary N) is 2. The van der Waals surface area contributed by atoms with Crippen molar-refractivity contribution < 1.29 is 0 Å². The fourth-order valence-corrected chi connectivity index (χ4v) is 2.26. The van der Waals surface area contributed by atoms with Crippen LogP contribution in [0.25, 0.3) is 11.3 Å². The molecule has 1 aromatic carbocycles. The average molecular weight is 257 g/mol. The van der Waals surface area contributed by atoms with E-state index in [1.807, 2.05) is 6.20 Å². The SMILES string of the molecule is C=C(CC)c1cc(C2=CNC(C)N2)ccc1N(C)C. The van der Waals surface area contributed by atoms with Crippen molar-refractivity contribution in [1.82, 2.24) is 10.6 Å². The summed E-state index contributed by atoms with van der Waals surface area (Å²) in [5.41, 5.74) is 5.96. The number of benzene rings is 1. The highest BCUT2D eigenvalue weighted by atomic mass is 15.2. The maximum atomic E-state index is 4.19. The second-order valence-corrected chi connectivity index (χ2v) is 5.17. The average Bonchev–Trinajstić information content (AvgIpc) is 2.83. The van der Waals surface area contributed by atoms with E-state index >= 15 is 0 Å². The van der Waals surface area contributed by atoms with Crippen LogP contribution in [0.15, 0.2) is 31.0 Å². The molecule has 0 bridgehead atoms. The fraction of sp³-hybridized carbons (Fsp3) is 0.375. The van der Waals surface area contributed by atoms with Crippen LogP contribution < -0.4 is 15.5 Å². The van der Waals surface area contributed by atoms with Gasteiger partial charge < -0.3 is 15.5 Å². The van der Waals surface area contributed by atoms with Crippen LogP contribution >= 0.6 is 0 Å². The van der Waals surface area contributed by atoms with Gasteiger partial charge in [0.05, 0.1) is 11.9 Å². The van der Waals surface area contributed by atoms with E-state index in [1.165, 1.54) is 22.4 Å². The summed E-state index contributed by atoms with van der Waals surface area (Å²) < 4.78 is 0. The van der Waals surface area contributed by atoms with Gasteiger partial charge in [0.15, 0.2) is 0 Å². The van der Waals surface area contributed by atoms with Gasteiger partial charge in [0.25, 0.3) is 0 Å². The van der Waals surface area contributed by atoms with Crippen LogP contribution in [-0.2, 0) is 0 Å². The number of allylic oxidation sites excluding steroid dienone is 1. The molecule has 0 aliphatic carbocycles. The first-order valence-corrected chi connectivity index (χ1v) is 6.75. The first-order chi connectivity index (χ1) is 9.02. The highest BCUT2D eigenvalue weighted by molar-refractivity contribution is 5.79. The van der Waals surface area contributed by atoms with Crippen LogP contribution in [0, 0.1) is 0 Å². The van der Waals surface area contributed by atoms with Crippen LogP contribution in [-0.4, -0.2) is 20.3 Å². The van der Waals surface area contributed by atoms with E-state index in [9.17, 15) is 0 Å². The third-order valence-corrected chi connectivity index (χ3v) is 3.45. The normalized spacial score (nSPS) is 17.5. The Morgan fingerprint density at radius 3 is 2.63 bits per heavy atom. The van der Waals surface area contributed by atoms with Crippen LogP contribution in [0.2, 0.25) is 0 Å². The highest BCUT2D eigenvalue weighted by Gasteiger charge is 2.14. The lowest BCUT2D eigenvalue weighted by Gasteiger charge is -2.20. The summed E-state index contributed by atoms with van der Waals surface area (Å²) in [6, 6.07) is 6.54. The smallest absolute Gasteiger partial charge is 0.0931 e. The second kappa shape index (κ2) is 5.39. The van der Waals surface area contributed by atoms with E-state index in [1.54, 1.807) is 0 Å². The summed E-state index contributed by atoms with van der Waals surface area (Å²) in [5.74, 6) is 0. The van der Waals surface area contributed by atoms with Gasteiger partial charge in [0.1, 0.15) is 0 Å². The van der Waals surface area contributed by atoms with Gasteiger partial charge in [-0.15, -0.1) is 0 Å². The van der Waals surface area contributed by atoms with Gasteiger partial charge in [-0.1, -0.05) is 19.6 Å². The van der Waals surface area contributed by atoms with Crippen molar-refractivity contribution >= 4 is 17.0 Å². The summed E-state index contributed by atoms with van der Waals surface area (Å²) in [7, 11) is 4.14. The Morgan fingerprint density at radius 1 is 1.37 bits per heavy atom. The molecule has 0 radical (unpaired) electrons. The first-order valence-electron chi connectivity index (χ1n) is 6.75. The van der Waals surface area contributed by atoms with Crippen molar-refractivity contribution in [2.75, 3.05) is 19.0 Å². The van der Waals surface area contributed by atoms with E-state index in [0.29, 0.717) is 6.17 Å². The molecular formula is C16H23N3. The third-order valence-electron chi connectivity index (χ3n) is 3.45. The highest BCUT2D eigenvalue weighted by Crippen LogP contribution is 2.30. The van der Waals surface area contributed by atoms with Gasteiger partial charge in [-0.3, -0.25) is 0 Å². The lowest BCUT2D eigenvalue weighted by Crippen LogP contribution is -2.27. The number of nitrogens with zero attached hydrogens (tertiary/aromatic N) is 1. The summed E-state index contributed by atoms with van der Waals surface area (Å²) in [4.78, 5) is 2.14. The Labute approximate surface area is 116 Å². The zero-order valence-corrected chi connectivity index (χ0v) is 12.2. The Morgan fingerprint density at radius 2 is 2.11 bits per heavy atom. The van der Waals surface area contributed by atoms with Crippen LogP contribution in [0.4, 0.5) is 5.69 Å². The van der Waals surface area contributed by atoms with Crippen molar-refractivity contribution in [3.8, 4) is 0 Å². The van der Waals surface area contributed by atoms with Gasteiger partial charge in [-0.2, -0.15) is 0 Å². The molecule has 0 saturated carbocycles. The largest absolute Gasteiger partial charge is 0.377 e. The van der Waals surface area contributed by atoms with E-state index in [0.717, 1.165) is 12.1 Å². The number of anilines is 1. The zero-order valence-electron chi connectivity index (χ0n) is 12.2. The summed E-state index contributed by atoms with van der Waals surface area (Å²) in [6.07, 6.45) is 3.29. The molecule has 0 amide bonds. The van der Waals surface area contributed by atoms with Crippen molar-refractivity contribution in [1.29, 1.82) is 0 Å². The van der Waals surface area contributed by atoms with Crippen LogP contribution in [0.5, 0.6) is 0 Å². The number of hydrogen-bond donors (Lipinski definition) is 2. The molecule has 19 heavy (non-hydrogen) atoms. The van der Waals surface area contributed by atoms with Crippen LogP contribution in [0.3, 0.4) is 0 Å². The molecule has 1 heterocycles. The van der Waals surface area contributed by atoms with Gasteiger partial charge in [0.2, 0.25) is 0 Å². The van der Waals surface area contributed by atoms with Crippen LogP contribution in [0.1, 0.15) is 31.4 Å². The molecule has 1 aromatic rings. The maximum Gasteiger partial charge on any atom is 0.0931 e. The molecule has 1 atom stereocenters. The maximum absolute atomic E-state index is 4.19. The van der Waals surface area contributed by atoms with Gasteiger partial charge in [-0.25, -0.2) is 0 Å². The molecule has 1 aliphatic heterocycles. The molecule has 1 aliphatic rings. The van der Waals surface area contributed by atoms with Gasteiger partial charge in [0, 0.05) is 31.5 Å². The third kappa shape index (κ3) is 2.75. The lowest BCUT2D eigenvalue weighted by molar-refractivity contribution is 0.631. The molecule has 102 valence electrons. The molecule has 3 nitrogen and oxygen atoms in total. The molecular weight excluding hydrogens is 234 g/mol. The van der Waals surface area contributed by atoms with E-state index in [4.69, 9.17) is 0 Å². The minimum absolute atomic E-state index is 0.293. The van der Waals surface area contributed by atoms with Gasteiger partial charge in [-0.05, 0) is 36.6 Å². The van der Waals surface area contributed by atoms with Crippen molar-refractivity contribution in [3.05, 3.63) is 42.1 Å². The number of hydrogen-bond acceptors (Lipinski definition) is 3. The Hall–Kier alpha value is -1.90. The second-order valence-electron chi connectivity index (χ2n) is 5.17. The summed E-state index contributed by atoms with van der Waals surface area (Å²) in [5, 5.41) is 6.67. The Bertz CT molecular complexity index is 515. The molecule has 0 aromatic heterocycles. The fourth-order valence-electron chi connectivity index (χ4n) is 2.26. The standard InChI is InChI=1S/C16H23N3/c1-6-11(2)14-9-13(7-8-16(14)19(4)5)15-10-17-12(3)18-15/h7-10,12,17-18H,2,6H2,1,3-5H3. The van der Waals surface area contributed by atoms with Gasteiger partial charge >= 0.3 is 0 Å². The Balaban J connectivity index is 2.41. The monoisotopic (exact) mass is 257 g/mol. The minimum Gasteiger partial charge on any atom is -0.377 e. The Kier molecular flexibility index (Phi) is 3.84. The molecule has 2 N–H and O–H groups in total. The predicted octanol–water partition coefficient (Wildman–Crippen LogP) is 3.01. The van der Waals surface area contributed by atoms with E-state index < -0.39 is 0 Å². The molecule has 3 heteroatoms. The quantitative estimate of drug-likeness (QED) is 0.868. The first kappa shape index (κ1) is 13.5. The predicted molar refractivity (Wildman–Crippen MR) is 83.8 cm³/mol. The number of rotatable bonds is 4. The molecule has 0 spiro atoms. The lowest BCUT2D eigenvalue weighted by atomic mass is 9.99.